The van der Waals surface area contributed by atoms with Gasteiger partial charge in [-0.1, -0.05) is 18.1 Å². The van der Waals surface area contributed by atoms with Crippen LogP contribution in [0.4, 0.5) is 0 Å². The predicted molar refractivity (Wildman–Crippen MR) is 56.4 cm³/mol. The first-order valence-electron chi connectivity index (χ1n) is 5.51. The molecule has 1 amide bonds. The zero-order valence-electron chi connectivity index (χ0n) is 9.09. The van der Waals surface area contributed by atoms with Gasteiger partial charge in [-0.25, -0.2) is 4.68 Å². The highest BCUT2D eigenvalue weighted by Crippen LogP contribution is 2.28. The fourth-order valence-electron chi connectivity index (χ4n) is 1.99. The average molecular weight is 224 g/mol. The van der Waals surface area contributed by atoms with E-state index in [9.17, 15) is 9.90 Å². The van der Waals surface area contributed by atoms with Crippen LogP contribution in [0.15, 0.2) is 12.4 Å². The van der Waals surface area contributed by atoms with E-state index in [1.807, 2.05) is 0 Å². The number of rotatable bonds is 4. The quantitative estimate of drug-likeness (QED) is 0.735. The summed E-state index contributed by atoms with van der Waals surface area (Å²) in [6, 6.07) is 0. The maximum atomic E-state index is 11.5. The molecule has 0 bridgehead atoms. The van der Waals surface area contributed by atoms with Crippen LogP contribution in [-0.4, -0.2) is 38.2 Å². The monoisotopic (exact) mass is 224 g/mol. The fraction of sp³-hybridized carbons (Fsp3) is 0.700. The summed E-state index contributed by atoms with van der Waals surface area (Å²) in [6.07, 6.45) is 6.78. The van der Waals surface area contributed by atoms with Gasteiger partial charge in [0.25, 0.3) is 0 Å². The van der Waals surface area contributed by atoms with Crippen LogP contribution in [0.25, 0.3) is 0 Å². The Morgan fingerprint density at radius 2 is 2.25 bits per heavy atom. The van der Waals surface area contributed by atoms with Gasteiger partial charge in [-0.2, -0.15) is 0 Å². The van der Waals surface area contributed by atoms with Gasteiger partial charge in [0.05, 0.1) is 11.8 Å². The molecule has 0 atom stereocenters. The molecule has 1 fully saturated rings. The van der Waals surface area contributed by atoms with Crippen LogP contribution in [0.3, 0.4) is 0 Å². The number of amides is 1. The smallest absolute Gasteiger partial charge is 0.241 e. The Morgan fingerprint density at radius 3 is 2.88 bits per heavy atom. The summed E-state index contributed by atoms with van der Waals surface area (Å²) in [5.74, 6) is -0.147. The van der Waals surface area contributed by atoms with Crippen LogP contribution in [0.2, 0.25) is 0 Å². The largest absolute Gasteiger partial charge is 0.388 e. The molecule has 88 valence electrons. The third-order valence-electron chi connectivity index (χ3n) is 2.93. The SMILES string of the molecule is O=C(Cn1ccnn1)NCC1(O)CCCC1. The van der Waals surface area contributed by atoms with Gasteiger partial charge in [-0.15, -0.1) is 5.10 Å². The molecule has 1 heterocycles. The van der Waals surface area contributed by atoms with Crippen LogP contribution in [0.5, 0.6) is 0 Å². The minimum Gasteiger partial charge on any atom is -0.388 e. The normalized spacial score (nSPS) is 18.6. The number of aromatic nitrogens is 3. The molecule has 1 saturated carbocycles. The molecule has 6 heteroatoms. The van der Waals surface area contributed by atoms with E-state index in [1.165, 1.54) is 10.9 Å². The molecular formula is C10H16N4O2. The fourth-order valence-corrected chi connectivity index (χ4v) is 1.99. The third-order valence-corrected chi connectivity index (χ3v) is 2.93. The molecule has 0 spiro atoms. The molecule has 0 unspecified atom stereocenters. The number of carbonyl (C=O) groups is 1. The van der Waals surface area contributed by atoms with E-state index in [1.54, 1.807) is 6.20 Å². The highest BCUT2D eigenvalue weighted by atomic mass is 16.3. The topological polar surface area (TPSA) is 80.0 Å². The molecule has 2 rings (SSSR count). The maximum absolute atomic E-state index is 11.5. The molecule has 1 aliphatic rings. The van der Waals surface area contributed by atoms with Crippen LogP contribution in [0, 0.1) is 0 Å². The molecular weight excluding hydrogens is 208 g/mol. The first-order chi connectivity index (χ1) is 7.68. The number of hydrogen-bond donors (Lipinski definition) is 2. The van der Waals surface area contributed by atoms with E-state index < -0.39 is 5.60 Å². The number of nitrogens with zero attached hydrogens (tertiary/aromatic N) is 3. The Kier molecular flexibility index (Phi) is 3.19. The van der Waals surface area contributed by atoms with Gasteiger partial charge in [0.2, 0.25) is 5.91 Å². The van der Waals surface area contributed by atoms with Crippen molar-refractivity contribution in [1.82, 2.24) is 20.3 Å². The molecule has 0 saturated heterocycles. The summed E-state index contributed by atoms with van der Waals surface area (Å²) in [6.45, 7) is 0.483. The second-order valence-corrected chi connectivity index (χ2v) is 4.31. The van der Waals surface area contributed by atoms with Crippen LogP contribution < -0.4 is 5.32 Å². The van der Waals surface area contributed by atoms with Gasteiger partial charge < -0.3 is 10.4 Å². The van der Waals surface area contributed by atoms with E-state index in [0.717, 1.165) is 25.7 Å². The first-order valence-corrected chi connectivity index (χ1v) is 5.51. The summed E-state index contributed by atoms with van der Waals surface area (Å²) in [4.78, 5) is 11.5. The van der Waals surface area contributed by atoms with E-state index in [0.29, 0.717) is 6.54 Å². The molecule has 1 aromatic heterocycles. The summed E-state index contributed by atoms with van der Waals surface area (Å²) in [7, 11) is 0. The lowest BCUT2D eigenvalue weighted by atomic mass is 10.0. The van der Waals surface area contributed by atoms with Gasteiger partial charge in [0, 0.05) is 12.7 Å². The Morgan fingerprint density at radius 1 is 1.50 bits per heavy atom. The van der Waals surface area contributed by atoms with Crippen molar-refractivity contribution in [1.29, 1.82) is 0 Å². The average Bonchev–Trinajstić information content (AvgIpc) is 2.88. The van der Waals surface area contributed by atoms with Gasteiger partial charge in [-0.3, -0.25) is 4.79 Å². The number of carbonyl (C=O) groups excluding carboxylic acids is 1. The predicted octanol–water partition coefficient (Wildman–Crippen LogP) is -0.301. The Labute approximate surface area is 93.6 Å². The molecule has 2 N–H and O–H groups in total. The maximum Gasteiger partial charge on any atom is 0.241 e. The summed E-state index contributed by atoms with van der Waals surface area (Å²) < 4.78 is 1.45. The standard InChI is InChI=1S/C10H16N4O2/c15-9(7-14-6-5-12-13-14)11-8-10(16)3-1-2-4-10/h5-6,16H,1-4,7-8H2,(H,11,15). The van der Waals surface area contributed by atoms with Gasteiger partial charge in [-0.05, 0) is 12.8 Å². The first kappa shape index (κ1) is 11.1. The minimum absolute atomic E-state index is 0.147. The summed E-state index contributed by atoms with van der Waals surface area (Å²) >= 11 is 0. The van der Waals surface area contributed by atoms with E-state index in [2.05, 4.69) is 15.6 Å². The lowest BCUT2D eigenvalue weighted by Gasteiger charge is -2.22. The molecule has 0 aromatic carbocycles. The second-order valence-electron chi connectivity index (χ2n) is 4.31. The van der Waals surface area contributed by atoms with Crippen molar-refractivity contribution >= 4 is 5.91 Å². The lowest BCUT2D eigenvalue weighted by Crippen LogP contribution is -2.41. The zero-order valence-corrected chi connectivity index (χ0v) is 9.09. The highest BCUT2D eigenvalue weighted by Gasteiger charge is 2.31. The van der Waals surface area contributed by atoms with Crippen LogP contribution in [0.1, 0.15) is 25.7 Å². The van der Waals surface area contributed by atoms with Crippen molar-refractivity contribution in [3.05, 3.63) is 12.4 Å². The number of aliphatic hydroxyl groups is 1. The van der Waals surface area contributed by atoms with Crippen molar-refractivity contribution < 1.29 is 9.90 Å². The Bertz CT molecular complexity index is 344. The van der Waals surface area contributed by atoms with Crippen molar-refractivity contribution in [3.8, 4) is 0 Å². The van der Waals surface area contributed by atoms with Crippen molar-refractivity contribution in [2.24, 2.45) is 0 Å². The third kappa shape index (κ3) is 2.79. The molecule has 0 aliphatic heterocycles. The summed E-state index contributed by atoms with van der Waals surface area (Å²) in [5.41, 5.74) is -0.696. The molecule has 1 aliphatic carbocycles. The van der Waals surface area contributed by atoms with E-state index >= 15 is 0 Å². The molecule has 1 aromatic rings. The number of nitrogens with one attached hydrogen (secondary N) is 1. The van der Waals surface area contributed by atoms with Crippen molar-refractivity contribution in [2.75, 3.05) is 6.54 Å². The molecule has 0 radical (unpaired) electrons. The van der Waals surface area contributed by atoms with Crippen molar-refractivity contribution in [2.45, 2.75) is 37.8 Å². The van der Waals surface area contributed by atoms with Crippen molar-refractivity contribution in [3.63, 3.8) is 0 Å². The number of hydrogen-bond acceptors (Lipinski definition) is 4. The summed E-state index contributed by atoms with van der Waals surface area (Å²) in [5, 5.41) is 20.0. The highest BCUT2D eigenvalue weighted by molar-refractivity contribution is 5.75. The van der Waals surface area contributed by atoms with E-state index in [4.69, 9.17) is 0 Å². The Hall–Kier alpha value is -1.43. The Balaban J connectivity index is 1.75. The second kappa shape index (κ2) is 4.61. The molecule has 6 nitrogen and oxygen atoms in total. The van der Waals surface area contributed by atoms with Gasteiger partial charge in [0.1, 0.15) is 6.54 Å². The molecule has 16 heavy (non-hydrogen) atoms. The van der Waals surface area contributed by atoms with E-state index in [-0.39, 0.29) is 12.5 Å². The van der Waals surface area contributed by atoms with Gasteiger partial charge >= 0.3 is 0 Å². The van der Waals surface area contributed by atoms with Crippen LogP contribution in [-0.2, 0) is 11.3 Å². The zero-order chi connectivity index (χ0) is 11.4. The minimum atomic E-state index is -0.696. The van der Waals surface area contributed by atoms with Crippen LogP contribution >= 0.6 is 0 Å². The van der Waals surface area contributed by atoms with Gasteiger partial charge in [0.15, 0.2) is 0 Å². The lowest BCUT2D eigenvalue weighted by molar-refractivity contribution is -0.123.